The van der Waals surface area contributed by atoms with Gasteiger partial charge < -0.3 is 10.0 Å². The molecule has 4 nitrogen and oxygen atoms in total. The Bertz CT molecular complexity index is 537. The zero-order valence-electron chi connectivity index (χ0n) is 12.8. The van der Waals surface area contributed by atoms with Crippen LogP contribution in [0.1, 0.15) is 49.0 Å². The third kappa shape index (κ3) is 4.31. The van der Waals surface area contributed by atoms with E-state index in [1.807, 2.05) is 11.0 Å². The van der Waals surface area contributed by atoms with Crippen LogP contribution >= 0.6 is 0 Å². The number of carbonyl (C=O) groups excluding carboxylic acids is 1. The highest BCUT2D eigenvalue weighted by Gasteiger charge is 2.25. The first-order chi connectivity index (χ1) is 9.87. The van der Waals surface area contributed by atoms with Crippen LogP contribution in [0.5, 0.6) is 0 Å². The Hall–Kier alpha value is -1.84. The Labute approximate surface area is 125 Å². The van der Waals surface area contributed by atoms with Crippen LogP contribution in [0, 0.1) is 5.41 Å². The number of carboxylic acids is 1. The molecule has 0 unspecified atom stereocenters. The SMILES string of the molecule is CC1(C)CCCN(C(=O)Cc2cccc(C(=O)O)c2)CC1. The van der Waals surface area contributed by atoms with Crippen molar-refractivity contribution in [1.82, 2.24) is 4.90 Å². The maximum Gasteiger partial charge on any atom is 0.335 e. The Morgan fingerprint density at radius 3 is 2.71 bits per heavy atom. The highest BCUT2D eigenvalue weighted by molar-refractivity contribution is 5.88. The summed E-state index contributed by atoms with van der Waals surface area (Å²) in [6, 6.07) is 6.64. The average Bonchev–Trinajstić information content (AvgIpc) is 2.60. The molecule has 114 valence electrons. The Balaban J connectivity index is 2.01. The molecular weight excluding hydrogens is 266 g/mol. The first kappa shape index (κ1) is 15.5. The zero-order valence-corrected chi connectivity index (χ0v) is 12.8. The van der Waals surface area contributed by atoms with E-state index in [4.69, 9.17) is 5.11 Å². The van der Waals surface area contributed by atoms with Gasteiger partial charge in [-0.05, 0) is 42.4 Å². The van der Waals surface area contributed by atoms with Crippen LogP contribution in [0.25, 0.3) is 0 Å². The van der Waals surface area contributed by atoms with Crippen molar-refractivity contribution < 1.29 is 14.7 Å². The summed E-state index contributed by atoms with van der Waals surface area (Å²) in [6.07, 6.45) is 3.48. The molecule has 21 heavy (non-hydrogen) atoms. The van der Waals surface area contributed by atoms with E-state index in [-0.39, 0.29) is 17.9 Å². The van der Waals surface area contributed by atoms with Crippen molar-refractivity contribution in [1.29, 1.82) is 0 Å². The summed E-state index contributed by atoms with van der Waals surface area (Å²) in [5.74, 6) is -0.865. The molecule has 4 heteroatoms. The van der Waals surface area contributed by atoms with E-state index in [1.54, 1.807) is 18.2 Å². The fourth-order valence-corrected chi connectivity index (χ4v) is 2.77. The van der Waals surface area contributed by atoms with Crippen LogP contribution in [0.15, 0.2) is 24.3 Å². The molecule has 0 spiro atoms. The fraction of sp³-hybridized carbons (Fsp3) is 0.529. The summed E-state index contributed by atoms with van der Waals surface area (Å²) in [6.45, 7) is 6.10. The van der Waals surface area contributed by atoms with Crippen molar-refractivity contribution in [2.24, 2.45) is 5.41 Å². The molecule has 0 radical (unpaired) electrons. The fourth-order valence-electron chi connectivity index (χ4n) is 2.77. The van der Waals surface area contributed by atoms with Crippen LogP contribution in [0.3, 0.4) is 0 Å². The minimum absolute atomic E-state index is 0.0928. The molecule has 2 rings (SSSR count). The number of benzene rings is 1. The molecule has 1 aliphatic heterocycles. The van der Waals surface area contributed by atoms with Crippen molar-refractivity contribution >= 4 is 11.9 Å². The highest BCUT2D eigenvalue weighted by Crippen LogP contribution is 2.29. The summed E-state index contributed by atoms with van der Waals surface area (Å²) < 4.78 is 0. The van der Waals surface area contributed by atoms with Gasteiger partial charge in [-0.25, -0.2) is 4.79 Å². The van der Waals surface area contributed by atoms with Crippen LogP contribution in [0.2, 0.25) is 0 Å². The number of rotatable bonds is 3. The van der Waals surface area contributed by atoms with E-state index in [2.05, 4.69) is 13.8 Å². The third-order valence-electron chi connectivity index (χ3n) is 4.22. The average molecular weight is 289 g/mol. The standard InChI is InChI=1S/C17H23NO3/c1-17(2)7-4-9-18(10-8-17)15(19)12-13-5-3-6-14(11-13)16(20)21/h3,5-6,11H,4,7-10,12H2,1-2H3,(H,20,21). The van der Waals surface area contributed by atoms with Gasteiger partial charge in [0.25, 0.3) is 0 Å². The summed E-state index contributed by atoms with van der Waals surface area (Å²) in [4.78, 5) is 25.3. The molecule has 1 aliphatic rings. The second kappa shape index (κ2) is 6.29. The Kier molecular flexibility index (Phi) is 4.66. The zero-order chi connectivity index (χ0) is 15.5. The minimum atomic E-state index is -0.958. The molecule has 1 aromatic carbocycles. The van der Waals surface area contributed by atoms with E-state index in [0.717, 1.165) is 37.9 Å². The highest BCUT2D eigenvalue weighted by atomic mass is 16.4. The first-order valence-electron chi connectivity index (χ1n) is 7.47. The number of hydrogen-bond donors (Lipinski definition) is 1. The molecule has 1 amide bonds. The molecular formula is C17H23NO3. The van der Waals surface area contributed by atoms with Crippen molar-refractivity contribution in [3.8, 4) is 0 Å². The monoisotopic (exact) mass is 289 g/mol. The van der Waals surface area contributed by atoms with Crippen molar-refractivity contribution in [2.75, 3.05) is 13.1 Å². The summed E-state index contributed by atoms with van der Waals surface area (Å²) >= 11 is 0. The van der Waals surface area contributed by atoms with E-state index in [0.29, 0.717) is 5.41 Å². The van der Waals surface area contributed by atoms with Crippen molar-refractivity contribution in [3.05, 3.63) is 35.4 Å². The second-order valence-electron chi connectivity index (χ2n) is 6.58. The molecule has 1 saturated heterocycles. The third-order valence-corrected chi connectivity index (χ3v) is 4.22. The lowest BCUT2D eigenvalue weighted by Crippen LogP contribution is -2.33. The van der Waals surface area contributed by atoms with Gasteiger partial charge >= 0.3 is 5.97 Å². The van der Waals surface area contributed by atoms with Gasteiger partial charge in [-0.1, -0.05) is 26.0 Å². The van der Waals surface area contributed by atoms with Crippen LogP contribution < -0.4 is 0 Å². The number of carbonyl (C=O) groups is 2. The van der Waals surface area contributed by atoms with Gasteiger partial charge in [-0.15, -0.1) is 0 Å². The molecule has 1 aromatic rings. The van der Waals surface area contributed by atoms with Gasteiger partial charge in [0.15, 0.2) is 0 Å². The summed E-state index contributed by atoms with van der Waals surface area (Å²) in [5, 5.41) is 8.99. The van der Waals surface area contributed by atoms with Crippen molar-refractivity contribution in [3.63, 3.8) is 0 Å². The number of amides is 1. The Morgan fingerprint density at radius 2 is 2.00 bits per heavy atom. The molecule has 1 N–H and O–H groups in total. The molecule has 0 bridgehead atoms. The van der Waals surface area contributed by atoms with Gasteiger partial charge in [0.1, 0.15) is 0 Å². The predicted molar refractivity (Wildman–Crippen MR) is 81.3 cm³/mol. The molecule has 1 heterocycles. The van der Waals surface area contributed by atoms with Gasteiger partial charge in [-0.3, -0.25) is 4.79 Å². The van der Waals surface area contributed by atoms with E-state index < -0.39 is 5.97 Å². The first-order valence-corrected chi connectivity index (χ1v) is 7.47. The van der Waals surface area contributed by atoms with E-state index in [9.17, 15) is 9.59 Å². The van der Waals surface area contributed by atoms with Crippen LogP contribution in [-0.4, -0.2) is 35.0 Å². The maximum atomic E-state index is 12.4. The summed E-state index contributed by atoms with van der Waals surface area (Å²) in [5.41, 5.74) is 1.30. The minimum Gasteiger partial charge on any atom is -0.478 e. The Morgan fingerprint density at radius 1 is 1.24 bits per heavy atom. The van der Waals surface area contributed by atoms with Gasteiger partial charge in [-0.2, -0.15) is 0 Å². The van der Waals surface area contributed by atoms with Gasteiger partial charge in [0.05, 0.1) is 12.0 Å². The number of aromatic carboxylic acids is 1. The predicted octanol–water partition coefficient (Wildman–Crippen LogP) is 2.97. The van der Waals surface area contributed by atoms with Gasteiger partial charge in [0, 0.05) is 13.1 Å². The topological polar surface area (TPSA) is 57.6 Å². The van der Waals surface area contributed by atoms with E-state index >= 15 is 0 Å². The molecule has 0 aliphatic carbocycles. The number of nitrogens with zero attached hydrogens (tertiary/aromatic N) is 1. The smallest absolute Gasteiger partial charge is 0.335 e. The lowest BCUT2D eigenvalue weighted by Gasteiger charge is -2.23. The quantitative estimate of drug-likeness (QED) is 0.930. The normalized spacial score (nSPS) is 18.1. The molecule has 0 atom stereocenters. The maximum absolute atomic E-state index is 12.4. The molecule has 0 aromatic heterocycles. The lowest BCUT2D eigenvalue weighted by molar-refractivity contribution is -0.130. The lowest BCUT2D eigenvalue weighted by atomic mass is 9.85. The van der Waals surface area contributed by atoms with Crippen LogP contribution in [0.4, 0.5) is 0 Å². The number of carboxylic acid groups (broad SMARTS) is 1. The largest absolute Gasteiger partial charge is 0.478 e. The molecule has 1 fully saturated rings. The van der Waals surface area contributed by atoms with E-state index in [1.165, 1.54) is 0 Å². The summed E-state index contributed by atoms with van der Waals surface area (Å²) in [7, 11) is 0. The van der Waals surface area contributed by atoms with Crippen LogP contribution in [-0.2, 0) is 11.2 Å². The van der Waals surface area contributed by atoms with Gasteiger partial charge in [0.2, 0.25) is 5.91 Å². The second-order valence-corrected chi connectivity index (χ2v) is 6.58. The number of likely N-dealkylation sites (tertiary alicyclic amines) is 1. The molecule has 0 saturated carbocycles. The van der Waals surface area contributed by atoms with Crippen molar-refractivity contribution in [2.45, 2.75) is 39.5 Å². The number of hydrogen-bond acceptors (Lipinski definition) is 2.